The Labute approximate surface area is 172 Å². The molecule has 5 nitrogen and oxygen atoms in total. The SMILES string of the molecule is CCOC(=O)C1=C(NC2CCCCC2)SC(=C2C(=O)c3ccccc3C2=O)S1. The van der Waals surface area contributed by atoms with E-state index in [2.05, 4.69) is 5.32 Å². The maximum absolute atomic E-state index is 12.8. The molecule has 0 bridgehead atoms. The Bertz CT molecular complexity index is 876. The van der Waals surface area contributed by atoms with Gasteiger partial charge in [-0.05, 0) is 19.8 Å². The van der Waals surface area contributed by atoms with E-state index in [0.29, 0.717) is 31.3 Å². The Morgan fingerprint density at radius 3 is 2.32 bits per heavy atom. The lowest BCUT2D eigenvalue weighted by molar-refractivity contribution is -0.137. The first-order valence-corrected chi connectivity index (χ1v) is 11.2. The summed E-state index contributed by atoms with van der Waals surface area (Å²) in [6.07, 6.45) is 5.68. The third kappa shape index (κ3) is 3.53. The fraction of sp³-hybridized carbons (Fsp3) is 0.381. The van der Waals surface area contributed by atoms with E-state index in [9.17, 15) is 14.4 Å². The molecular weight excluding hydrogens is 394 g/mol. The highest BCUT2D eigenvalue weighted by molar-refractivity contribution is 8.29. The summed E-state index contributed by atoms with van der Waals surface area (Å²) in [6, 6.07) is 7.16. The Morgan fingerprint density at radius 2 is 1.71 bits per heavy atom. The van der Waals surface area contributed by atoms with Gasteiger partial charge in [-0.15, -0.1) is 0 Å². The number of thioether (sulfide) groups is 2. The maximum Gasteiger partial charge on any atom is 0.347 e. The van der Waals surface area contributed by atoms with Gasteiger partial charge in [0.2, 0.25) is 0 Å². The quantitative estimate of drug-likeness (QED) is 0.443. The van der Waals surface area contributed by atoms with E-state index in [4.69, 9.17) is 4.74 Å². The molecule has 146 valence electrons. The van der Waals surface area contributed by atoms with Crippen molar-refractivity contribution in [2.75, 3.05) is 6.61 Å². The molecule has 1 heterocycles. The Balaban J connectivity index is 1.65. The Morgan fingerprint density at radius 1 is 1.07 bits per heavy atom. The van der Waals surface area contributed by atoms with Gasteiger partial charge in [0.1, 0.15) is 4.91 Å². The van der Waals surface area contributed by atoms with E-state index in [0.717, 1.165) is 25.7 Å². The van der Waals surface area contributed by atoms with Crippen molar-refractivity contribution in [1.29, 1.82) is 0 Å². The molecule has 0 amide bonds. The van der Waals surface area contributed by atoms with Gasteiger partial charge in [-0.25, -0.2) is 4.79 Å². The molecule has 1 aromatic rings. The van der Waals surface area contributed by atoms with Crippen LogP contribution in [0.3, 0.4) is 0 Å². The zero-order chi connectivity index (χ0) is 19.7. The summed E-state index contributed by atoms with van der Waals surface area (Å²) in [5, 5.41) is 4.18. The Hall–Kier alpha value is -1.99. The van der Waals surface area contributed by atoms with Crippen LogP contribution >= 0.6 is 23.5 Å². The molecule has 0 atom stereocenters. The summed E-state index contributed by atoms with van der Waals surface area (Å²) in [6.45, 7) is 2.04. The number of Topliss-reactive ketones (excluding diaryl/α,β-unsaturated/α-hetero) is 2. The first kappa shape index (κ1) is 19.3. The maximum atomic E-state index is 12.8. The number of benzene rings is 1. The molecule has 0 radical (unpaired) electrons. The van der Waals surface area contributed by atoms with Gasteiger partial charge in [0.25, 0.3) is 0 Å². The molecule has 1 aromatic carbocycles. The smallest absolute Gasteiger partial charge is 0.347 e. The minimum absolute atomic E-state index is 0.165. The lowest BCUT2D eigenvalue weighted by Gasteiger charge is -2.24. The first-order valence-electron chi connectivity index (χ1n) is 9.56. The van der Waals surface area contributed by atoms with E-state index in [1.54, 1.807) is 31.2 Å². The molecule has 1 aliphatic heterocycles. The number of hydrogen-bond acceptors (Lipinski definition) is 7. The topological polar surface area (TPSA) is 72.5 Å². The van der Waals surface area contributed by atoms with Crippen LogP contribution in [0.2, 0.25) is 0 Å². The second-order valence-corrected chi connectivity index (χ2v) is 9.23. The van der Waals surface area contributed by atoms with Gasteiger partial charge in [-0.3, -0.25) is 9.59 Å². The second kappa shape index (κ2) is 8.17. The molecule has 0 unspecified atom stereocenters. The zero-order valence-corrected chi connectivity index (χ0v) is 17.2. The number of hydrogen-bond donors (Lipinski definition) is 1. The van der Waals surface area contributed by atoms with Gasteiger partial charge in [0.05, 0.1) is 21.4 Å². The van der Waals surface area contributed by atoms with Crippen molar-refractivity contribution in [3.05, 3.63) is 55.1 Å². The number of carbonyl (C=O) groups excluding carboxylic acids is 3. The minimum Gasteiger partial charge on any atom is -0.462 e. The van der Waals surface area contributed by atoms with Gasteiger partial charge in [-0.1, -0.05) is 67.1 Å². The van der Waals surface area contributed by atoms with Gasteiger partial charge >= 0.3 is 5.97 Å². The fourth-order valence-electron chi connectivity index (χ4n) is 3.70. The van der Waals surface area contributed by atoms with Crippen molar-refractivity contribution in [2.24, 2.45) is 0 Å². The van der Waals surface area contributed by atoms with Crippen LogP contribution < -0.4 is 5.32 Å². The summed E-state index contributed by atoms with van der Waals surface area (Å²) in [7, 11) is 0. The van der Waals surface area contributed by atoms with E-state index in [-0.39, 0.29) is 23.7 Å². The molecule has 0 aromatic heterocycles. The summed E-state index contributed by atoms with van der Waals surface area (Å²) in [5.41, 5.74) is 1.03. The number of ether oxygens (including phenoxy) is 1. The number of esters is 1. The van der Waals surface area contributed by atoms with Crippen LogP contribution in [0.4, 0.5) is 0 Å². The van der Waals surface area contributed by atoms with E-state index in [1.807, 2.05) is 0 Å². The van der Waals surface area contributed by atoms with Crippen LogP contribution in [-0.4, -0.2) is 30.2 Å². The molecule has 7 heteroatoms. The van der Waals surface area contributed by atoms with Gasteiger partial charge in [-0.2, -0.15) is 0 Å². The fourth-order valence-corrected chi connectivity index (χ4v) is 6.25. The van der Waals surface area contributed by atoms with E-state index >= 15 is 0 Å². The molecule has 0 saturated heterocycles. The van der Waals surface area contributed by atoms with Crippen LogP contribution in [0.25, 0.3) is 0 Å². The number of nitrogens with one attached hydrogen (secondary N) is 1. The van der Waals surface area contributed by atoms with Crippen LogP contribution in [0.1, 0.15) is 59.7 Å². The van der Waals surface area contributed by atoms with Crippen LogP contribution in [0.5, 0.6) is 0 Å². The lowest BCUT2D eigenvalue weighted by Crippen LogP contribution is -2.30. The predicted molar refractivity (Wildman–Crippen MR) is 111 cm³/mol. The molecule has 2 aliphatic carbocycles. The molecular formula is C21H21NO4S2. The van der Waals surface area contributed by atoms with E-state index in [1.165, 1.54) is 29.9 Å². The van der Waals surface area contributed by atoms with Crippen molar-refractivity contribution in [1.82, 2.24) is 5.32 Å². The highest BCUT2D eigenvalue weighted by atomic mass is 32.2. The molecule has 1 saturated carbocycles. The van der Waals surface area contributed by atoms with Crippen molar-refractivity contribution in [3.63, 3.8) is 0 Å². The van der Waals surface area contributed by atoms with Crippen molar-refractivity contribution in [2.45, 2.75) is 45.1 Å². The van der Waals surface area contributed by atoms with Crippen LogP contribution in [0.15, 0.2) is 44.0 Å². The minimum atomic E-state index is -0.413. The monoisotopic (exact) mass is 415 g/mol. The molecule has 1 fully saturated rings. The first-order chi connectivity index (χ1) is 13.6. The molecule has 4 rings (SSSR count). The largest absolute Gasteiger partial charge is 0.462 e. The summed E-state index contributed by atoms with van der Waals surface area (Å²) in [5.74, 6) is -0.945. The third-order valence-corrected chi connectivity index (χ3v) is 7.58. The number of fused-ring (bicyclic) bond motifs is 1. The van der Waals surface area contributed by atoms with Crippen LogP contribution in [0, 0.1) is 0 Å². The predicted octanol–water partition coefficient (Wildman–Crippen LogP) is 4.41. The van der Waals surface area contributed by atoms with Crippen molar-refractivity contribution >= 4 is 41.1 Å². The van der Waals surface area contributed by atoms with Crippen molar-refractivity contribution < 1.29 is 19.1 Å². The number of rotatable bonds is 4. The van der Waals surface area contributed by atoms with Crippen LogP contribution in [-0.2, 0) is 9.53 Å². The molecule has 28 heavy (non-hydrogen) atoms. The van der Waals surface area contributed by atoms with Gasteiger partial charge in [0.15, 0.2) is 11.6 Å². The highest BCUT2D eigenvalue weighted by Gasteiger charge is 2.40. The van der Waals surface area contributed by atoms with Crippen molar-refractivity contribution in [3.8, 4) is 0 Å². The van der Waals surface area contributed by atoms with E-state index < -0.39 is 5.97 Å². The number of allylic oxidation sites excluding steroid dienone is 1. The lowest BCUT2D eigenvalue weighted by atomic mass is 9.96. The highest BCUT2D eigenvalue weighted by Crippen LogP contribution is 2.52. The Kier molecular flexibility index (Phi) is 5.64. The van der Waals surface area contributed by atoms with Gasteiger partial charge < -0.3 is 10.1 Å². The number of ketones is 2. The zero-order valence-electron chi connectivity index (χ0n) is 15.6. The molecule has 0 spiro atoms. The standard InChI is InChI=1S/C21H21NO4S2/c1-2-26-20(25)18-19(22-12-8-4-3-5-9-12)28-21(27-18)15-16(23)13-10-6-7-11-14(13)17(15)24/h6-7,10-12,22H,2-5,8-9H2,1H3. The second-order valence-electron chi connectivity index (χ2n) is 6.93. The normalized spacial score (nSPS) is 20.0. The average Bonchev–Trinajstić information content (AvgIpc) is 3.22. The summed E-state index contributed by atoms with van der Waals surface area (Å²) < 4.78 is 5.77. The summed E-state index contributed by atoms with van der Waals surface area (Å²) in [4.78, 5) is 38.6. The average molecular weight is 416 g/mol. The summed E-state index contributed by atoms with van der Waals surface area (Å²) >= 11 is 2.48. The molecule has 3 aliphatic rings. The molecule has 1 N–H and O–H groups in total. The number of carbonyl (C=O) groups is 3. The third-order valence-electron chi connectivity index (χ3n) is 5.07. The van der Waals surface area contributed by atoms with Gasteiger partial charge in [0, 0.05) is 17.2 Å².